The molecule has 0 aromatic carbocycles. The van der Waals surface area contributed by atoms with Crippen LogP contribution in [0.25, 0.3) is 0 Å². The van der Waals surface area contributed by atoms with Gasteiger partial charge in [0.2, 0.25) is 0 Å². The highest BCUT2D eigenvalue weighted by Crippen LogP contribution is 2.50. The minimum absolute atomic E-state index is 0.0942. The summed E-state index contributed by atoms with van der Waals surface area (Å²) in [5.41, 5.74) is 7.58. The maximum atomic E-state index is 5.84. The number of rotatable bonds is 2. The molecule has 3 rings (SSSR count). The Labute approximate surface area is 106 Å². The monoisotopic (exact) mass is 243 g/mol. The van der Waals surface area contributed by atoms with Gasteiger partial charge >= 0.3 is 0 Å². The average Bonchev–Trinajstić information content (AvgIpc) is 2.71. The fourth-order valence-electron chi connectivity index (χ4n) is 2.96. The quantitative estimate of drug-likeness (QED) is 0.868. The third-order valence-electron chi connectivity index (χ3n) is 3.73. The summed E-state index contributed by atoms with van der Waals surface area (Å²) < 4.78 is 1.75. The van der Waals surface area contributed by atoms with Gasteiger partial charge in [-0.25, -0.2) is 4.98 Å². The molecule has 2 N–H and O–H groups in total. The Morgan fingerprint density at radius 3 is 2.72 bits per heavy atom. The topological polar surface area (TPSA) is 69.6 Å². The van der Waals surface area contributed by atoms with Gasteiger partial charge in [0.25, 0.3) is 0 Å². The van der Waals surface area contributed by atoms with Gasteiger partial charge < -0.3 is 5.73 Å². The molecule has 0 bridgehead atoms. The first-order chi connectivity index (χ1) is 8.60. The summed E-state index contributed by atoms with van der Waals surface area (Å²) in [5.74, 6) is 1.57. The van der Waals surface area contributed by atoms with E-state index in [0.717, 1.165) is 24.2 Å². The van der Waals surface area contributed by atoms with Crippen molar-refractivity contribution in [2.45, 2.75) is 25.2 Å². The molecule has 1 fully saturated rings. The van der Waals surface area contributed by atoms with Crippen molar-refractivity contribution in [3.8, 4) is 0 Å². The molecule has 0 atom stereocenters. The standard InChI is InChI=1S/C13H17N5/c1-9-4-13(5-9,12-16-8-18(2)17-12)10-3-11(14)7-15-6-10/h3,6-9H,4-5,14H2,1-2H3. The molecule has 2 aromatic heterocycles. The lowest BCUT2D eigenvalue weighted by atomic mass is 9.59. The molecule has 94 valence electrons. The zero-order valence-electron chi connectivity index (χ0n) is 10.7. The summed E-state index contributed by atoms with van der Waals surface area (Å²) in [6.07, 6.45) is 7.42. The van der Waals surface area contributed by atoms with Crippen molar-refractivity contribution in [3.05, 3.63) is 36.2 Å². The maximum absolute atomic E-state index is 5.84. The van der Waals surface area contributed by atoms with E-state index < -0.39 is 0 Å². The maximum Gasteiger partial charge on any atom is 0.161 e. The van der Waals surface area contributed by atoms with Crippen LogP contribution in [0.2, 0.25) is 0 Å². The molecule has 0 saturated heterocycles. The molecule has 1 aliphatic rings. The first-order valence-electron chi connectivity index (χ1n) is 6.17. The smallest absolute Gasteiger partial charge is 0.161 e. The van der Waals surface area contributed by atoms with E-state index in [2.05, 4.69) is 22.0 Å². The van der Waals surface area contributed by atoms with Gasteiger partial charge in [-0.1, -0.05) is 6.92 Å². The summed E-state index contributed by atoms with van der Waals surface area (Å²) >= 11 is 0. The van der Waals surface area contributed by atoms with Gasteiger partial charge in [-0.3, -0.25) is 9.67 Å². The van der Waals surface area contributed by atoms with Crippen LogP contribution in [0.3, 0.4) is 0 Å². The van der Waals surface area contributed by atoms with Crippen LogP contribution in [-0.2, 0) is 12.5 Å². The lowest BCUT2D eigenvalue weighted by Gasteiger charge is -2.44. The van der Waals surface area contributed by atoms with Crippen LogP contribution in [0.5, 0.6) is 0 Å². The zero-order valence-corrected chi connectivity index (χ0v) is 10.7. The molecular formula is C13H17N5. The van der Waals surface area contributed by atoms with Crippen LogP contribution < -0.4 is 5.73 Å². The highest BCUT2D eigenvalue weighted by molar-refractivity contribution is 5.44. The molecule has 5 heteroatoms. The largest absolute Gasteiger partial charge is 0.397 e. The zero-order chi connectivity index (χ0) is 12.8. The Morgan fingerprint density at radius 1 is 1.39 bits per heavy atom. The van der Waals surface area contributed by atoms with E-state index in [0.29, 0.717) is 11.6 Å². The molecule has 18 heavy (non-hydrogen) atoms. The molecule has 1 aliphatic carbocycles. The van der Waals surface area contributed by atoms with Crippen LogP contribution in [0, 0.1) is 5.92 Å². The second-order valence-corrected chi connectivity index (χ2v) is 5.34. The van der Waals surface area contributed by atoms with Crippen molar-refractivity contribution in [3.63, 3.8) is 0 Å². The Bertz CT molecular complexity index is 568. The molecule has 2 aromatic rings. The lowest BCUT2D eigenvalue weighted by molar-refractivity contribution is 0.189. The van der Waals surface area contributed by atoms with E-state index in [4.69, 9.17) is 5.73 Å². The predicted molar refractivity (Wildman–Crippen MR) is 68.8 cm³/mol. The number of hydrogen-bond donors (Lipinski definition) is 1. The van der Waals surface area contributed by atoms with Crippen LogP contribution in [0.15, 0.2) is 24.8 Å². The number of pyridine rings is 1. The first kappa shape index (κ1) is 11.2. The van der Waals surface area contributed by atoms with Crippen molar-refractivity contribution in [1.82, 2.24) is 19.7 Å². The normalized spacial score (nSPS) is 26.9. The average molecular weight is 243 g/mol. The number of nitrogens with two attached hydrogens (primary N) is 1. The summed E-state index contributed by atoms with van der Waals surface area (Å²) in [4.78, 5) is 8.64. The van der Waals surface area contributed by atoms with E-state index in [9.17, 15) is 0 Å². The molecule has 0 amide bonds. The van der Waals surface area contributed by atoms with Gasteiger partial charge in [-0.05, 0) is 30.4 Å². The van der Waals surface area contributed by atoms with Crippen LogP contribution in [0.4, 0.5) is 5.69 Å². The van der Waals surface area contributed by atoms with Gasteiger partial charge in [-0.15, -0.1) is 0 Å². The summed E-state index contributed by atoms with van der Waals surface area (Å²) in [7, 11) is 1.89. The van der Waals surface area contributed by atoms with Gasteiger partial charge in [-0.2, -0.15) is 5.10 Å². The third-order valence-corrected chi connectivity index (χ3v) is 3.73. The Morgan fingerprint density at radius 2 is 2.17 bits per heavy atom. The number of nitrogens with zero attached hydrogens (tertiary/aromatic N) is 4. The molecule has 0 unspecified atom stereocenters. The summed E-state index contributed by atoms with van der Waals surface area (Å²) in [6.45, 7) is 2.25. The number of aryl methyl sites for hydroxylation is 1. The molecular weight excluding hydrogens is 226 g/mol. The second-order valence-electron chi connectivity index (χ2n) is 5.34. The van der Waals surface area contributed by atoms with Crippen molar-refractivity contribution in [1.29, 1.82) is 0 Å². The number of aromatic nitrogens is 4. The molecule has 5 nitrogen and oxygen atoms in total. The fraction of sp³-hybridized carbons (Fsp3) is 0.462. The first-order valence-corrected chi connectivity index (χ1v) is 6.17. The predicted octanol–water partition coefficient (Wildman–Crippen LogP) is 1.51. The van der Waals surface area contributed by atoms with Crippen LogP contribution in [0.1, 0.15) is 31.2 Å². The van der Waals surface area contributed by atoms with E-state index in [1.165, 1.54) is 0 Å². The van der Waals surface area contributed by atoms with Crippen molar-refractivity contribution < 1.29 is 0 Å². The van der Waals surface area contributed by atoms with Crippen LogP contribution >= 0.6 is 0 Å². The molecule has 2 heterocycles. The van der Waals surface area contributed by atoms with Crippen molar-refractivity contribution >= 4 is 5.69 Å². The number of nitrogen functional groups attached to an aromatic ring is 1. The highest BCUT2D eigenvalue weighted by atomic mass is 15.3. The molecule has 0 radical (unpaired) electrons. The van der Waals surface area contributed by atoms with Crippen molar-refractivity contribution in [2.75, 3.05) is 5.73 Å². The van der Waals surface area contributed by atoms with Gasteiger partial charge in [0, 0.05) is 19.4 Å². The Balaban J connectivity index is 2.08. The van der Waals surface area contributed by atoms with E-state index in [-0.39, 0.29) is 5.41 Å². The minimum atomic E-state index is -0.0942. The van der Waals surface area contributed by atoms with E-state index in [1.807, 2.05) is 19.3 Å². The Hall–Kier alpha value is -1.91. The van der Waals surface area contributed by atoms with Gasteiger partial charge in [0.05, 0.1) is 11.1 Å². The lowest BCUT2D eigenvalue weighted by Crippen LogP contribution is -2.42. The van der Waals surface area contributed by atoms with Gasteiger partial charge in [0.1, 0.15) is 6.33 Å². The van der Waals surface area contributed by atoms with Crippen molar-refractivity contribution in [2.24, 2.45) is 13.0 Å². The molecule has 0 aliphatic heterocycles. The summed E-state index contributed by atoms with van der Waals surface area (Å²) in [5, 5.41) is 4.48. The second kappa shape index (κ2) is 3.80. The number of hydrogen-bond acceptors (Lipinski definition) is 4. The summed E-state index contributed by atoms with van der Waals surface area (Å²) in [6, 6.07) is 2.00. The fourth-order valence-corrected chi connectivity index (χ4v) is 2.96. The third kappa shape index (κ3) is 1.58. The van der Waals surface area contributed by atoms with E-state index >= 15 is 0 Å². The molecule has 1 saturated carbocycles. The highest BCUT2D eigenvalue weighted by Gasteiger charge is 2.48. The SMILES string of the molecule is CC1CC(c2cncc(N)c2)(c2ncn(C)n2)C1. The number of anilines is 1. The minimum Gasteiger partial charge on any atom is -0.397 e. The van der Waals surface area contributed by atoms with E-state index in [1.54, 1.807) is 17.2 Å². The Kier molecular flexibility index (Phi) is 2.36. The van der Waals surface area contributed by atoms with Gasteiger partial charge in [0.15, 0.2) is 5.82 Å². The van der Waals surface area contributed by atoms with Crippen LogP contribution in [-0.4, -0.2) is 19.7 Å². The molecule has 0 spiro atoms.